The quantitative estimate of drug-likeness (QED) is 0.450. The van der Waals surface area contributed by atoms with Gasteiger partial charge in [-0.1, -0.05) is 6.58 Å². The maximum atomic E-state index is 10.7. The number of esters is 1. The second kappa shape index (κ2) is 2.84. The molecule has 1 unspecified atom stereocenters. The van der Waals surface area contributed by atoms with Crippen LogP contribution in [-0.4, -0.2) is 24.5 Å². The van der Waals surface area contributed by atoms with E-state index in [1.54, 1.807) is 0 Å². The third-order valence-corrected chi connectivity index (χ3v) is 1.23. The third-order valence-electron chi connectivity index (χ3n) is 1.23. The lowest BCUT2D eigenvalue weighted by Crippen LogP contribution is -2.33. The maximum absolute atomic E-state index is 10.7. The van der Waals surface area contributed by atoms with Crippen LogP contribution in [0.4, 0.5) is 4.79 Å². The molecule has 1 fully saturated rings. The van der Waals surface area contributed by atoms with Crippen LogP contribution in [0.1, 0.15) is 6.92 Å². The van der Waals surface area contributed by atoms with E-state index in [9.17, 15) is 9.59 Å². The van der Waals surface area contributed by atoms with Crippen LogP contribution >= 0.6 is 0 Å². The lowest BCUT2D eigenvalue weighted by atomic mass is 10.3. The minimum Gasteiger partial charge on any atom is -0.426 e. The normalized spacial score (nSPS) is 27.2. The van der Waals surface area contributed by atoms with Crippen LogP contribution < -0.4 is 0 Å². The number of carbonyl (C=O) groups excluding carboxylic acids is 2. The number of hydrogen-bond donors (Lipinski definition) is 0. The van der Waals surface area contributed by atoms with Crippen LogP contribution in [0.15, 0.2) is 12.7 Å². The summed E-state index contributed by atoms with van der Waals surface area (Å²) in [4.78, 5) is 21.2. The Balaban J connectivity index is 2.56. The van der Waals surface area contributed by atoms with Gasteiger partial charge < -0.3 is 14.2 Å². The first-order valence-electron chi connectivity index (χ1n) is 3.27. The Hall–Kier alpha value is -1.52. The zero-order chi connectivity index (χ0) is 9.19. The molecule has 1 atom stereocenters. The second-order valence-corrected chi connectivity index (χ2v) is 2.40. The van der Waals surface area contributed by atoms with Crippen molar-refractivity contribution < 1.29 is 23.8 Å². The first-order valence-corrected chi connectivity index (χ1v) is 3.27. The summed E-state index contributed by atoms with van der Waals surface area (Å²) >= 11 is 0. The average Bonchev–Trinajstić information content (AvgIpc) is 2.30. The fraction of sp³-hybridized carbons (Fsp3) is 0.429. The molecule has 5 heteroatoms. The fourth-order valence-corrected chi connectivity index (χ4v) is 0.730. The number of ether oxygens (including phenoxy) is 3. The Kier molecular flexibility index (Phi) is 2.03. The molecule has 1 aliphatic heterocycles. The summed E-state index contributed by atoms with van der Waals surface area (Å²) in [6, 6.07) is 0. The molecule has 0 spiro atoms. The van der Waals surface area contributed by atoms with E-state index in [2.05, 4.69) is 16.1 Å². The van der Waals surface area contributed by atoms with Gasteiger partial charge in [0.1, 0.15) is 0 Å². The molecule has 1 saturated heterocycles. The van der Waals surface area contributed by atoms with Crippen molar-refractivity contribution in [1.82, 2.24) is 0 Å². The summed E-state index contributed by atoms with van der Waals surface area (Å²) in [6.07, 6.45) is 0.145. The predicted octanol–water partition coefficient (Wildman–Crippen LogP) is 0.599. The highest BCUT2D eigenvalue weighted by Gasteiger charge is 2.41. The van der Waals surface area contributed by atoms with Gasteiger partial charge in [0.05, 0.1) is 0 Å². The van der Waals surface area contributed by atoms with Gasteiger partial charge in [-0.05, 0) is 0 Å². The molecule has 1 aliphatic rings. The van der Waals surface area contributed by atoms with E-state index in [-0.39, 0.29) is 6.61 Å². The Labute approximate surface area is 68.9 Å². The van der Waals surface area contributed by atoms with Gasteiger partial charge in [0, 0.05) is 13.0 Å². The van der Waals surface area contributed by atoms with E-state index in [4.69, 9.17) is 4.74 Å². The monoisotopic (exact) mass is 172 g/mol. The molecule has 12 heavy (non-hydrogen) atoms. The molecule has 0 radical (unpaired) electrons. The number of hydrogen-bond acceptors (Lipinski definition) is 5. The predicted molar refractivity (Wildman–Crippen MR) is 37.1 cm³/mol. The van der Waals surface area contributed by atoms with Gasteiger partial charge in [-0.3, -0.25) is 0 Å². The lowest BCUT2D eigenvalue weighted by molar-refractivity contribution is -0.184. The number of rotatable bonds is 2. The van der Waals surface area contributed by atoms with Crippen LogP contribution in [-0.2, 0) is 19.0 Å². The zero-order valence-electron chi connectivity index (χ0n) is 6.53. The van der Waals surface area contributed by atoms with Gasteiger partial charge in [0.25, 0.3) is 5.79 Å². The molecular formula is C7H8O5. The summed E-state index contributed by atoms with van der Waals surface area (Å²) in [6.45, 7) is 4.53. The third kappa shape index (κ3) is 1.75. The number of carbonyl (C=O) groups is 2. The molecule has 0 aromatic carbocycles. The topological polar surface area (TPSA) is 61.8 Å². The molecule has 0 bridgehead atoms. The van der Waals surface area contributed by atoms with E-state index in [1.807, 2.05) is 0 Å². The summed E-state index contributed by atoms with van der Waals surface area (Å²) in [5, 5.41) is 0. The summed E-state index contributed by atoms with van der Waals surface area (Å²) in [5.41, 5.74) is 0. The molecule has 1 rings (SSSR count). The first-order chi connectivity index (χ1) is 5.56. The second-order valence-electron chi connectivity index (χ2n) is 2.40. The minimum atomic E-state index is -1.30. The van der Waals surface area contributed by atoms with Crippen LogP contribution in [0.5, 0.6) is 0 Å². The van der Waals surface area contributed by atoms with E-state index >= 15 is 0 Å². The summed E-state index contributed by atoms with van der Waals surface area (Å²) < 4.78 is 13.7. The van der Waals surface area contributed by atoms with Crippen molar-refractivity contribution in [2.45, 2.75) is 12.7 Å². The minimum absolute atomic E-state index is 0.0919. The average molecular weight is 172 g/mol. The highest BCUT2D eigenvalue weighted by molar-refractivity contribution is 5.81. The smallest absolute Gasteiger partial charge is 0.426 e. The molecule has 1 heterocycles. The lowest BCUT2D eigenvalue weighted by Gasteiger charge is -2.18. The maximum Gasteiger partial charge on any atom is 0.511 e. The van der Waals surface area contributed by atoms with Gasteiger partial charge in [0.15, 0.2) is 6.61 Å². The van der Waals surface area contributed by atoms with Crippen LogP contribution in [0.3, 0.4) is 0 Å². The Morgan fingerprint density at radius 1 is 1.83 bits per heavy atom. The SMILES string of the molecule is C=CC(=O)OC1(C)COC(=O)O1. The fourth-order valence-electron chi connectivity index (χ4n) is 0.730. The molecule has 0 aromatic heterocycles. The van der Waals surface area contributed by atoms with E-state index in [0.717, 1.165) is 6.08 Å². The van der Waals surface area contributed by atoms with E-state index in [1.165, 1.54) is 6.92 Å². The standard InChI is InChI=1S/C7H8O5/c1-3-5(8)11-7(2)4-10-6(9)12-7/h3H,1,4H2,2H3. The van der Waals surface area contributed by atoms with Crippen LogP contribution in [0.2, 0.25) is 0 Å². The molecule has 0 saturated carbocycles. The van der Waals surface area contributed by atoms with Gasteiger partial charge in [-0.2, -0.15) is 0 Å². The van der Waals surface area contributed by atoms with Crippen molar-refractivity contribution in [3.63, 3.8) is 0 Å². The van der Waals surface area contributed by atoms with Crippen LogP contribution in [0.25, 0.3) is 0 Å². The van der Waals surface area contributed by atoms with Crippen molar-refractivity contribution in [3.05, 3.63) is 12.7 Å². The van der Waals surface area contributed by atoms with Crippen LogP contribution in [0, 0.1) is 0 Å². The Bertz CT molecular complexity index is 234. The summed E-state index contributed by atoms with van der Waals surface area (Å²) in [5.74, 6) is -1.96. The summed E-state index contributed by atoms with van der Waals surface area (Å²) in [7, 11) is 0. The van der Waals surface area contributed by atoms with E-state index < -0.39 is 17.9 Å². The molecule has 5 nitrogen and oxygen atoms in total. The molecule has 0 N–H and O–H groups in total. The number of cyclic esters (lactones) is 2. The van der Waals surface area contributed by atoms with Gasteiger partial charge in [-0.25, -0.2) is 9.59 Å². The first kappa shape index (κ1) is 8.58. The zero-order valence-corrected chi connectivity index (χ0v) is 6.53. The van der Waals surface area contributed by atoms with Gasteiger partial charge in [-0.15, -0.1) is 0 Å². The Morgan fingerprint density at radius 3 is 2.92 bits per heavy atom. The van der Waals surface area contributed by atoms with Crippen molar-refractivity contribution in [1.29, 1.82) is 0 Å². The highest BCUT2D eigenvalue weighted by Crippen LogP contribution is 2.20. The van der Waals surface area contributed by atoms with E-state index in [0.29, 0.717) is 0 Å². The molecular weight excluding hydrogens is 164 g/mol. The Morgan fingerprint density at radius 2 is 2.50 bits per heavy atom. The molecule has 0 aromatic rings. The van der Waals surface area contributed by atoms with Crippen molar-refractivity contribution >= 4 is 12.1 Å². The van der Waals surface area contributed by atoms with Crippen molar-refractivity contribution in [3.8, 4) is 0 Å². The highest BCUT2D eigenvalue weighted by atomic mass is 16.9. The van der Waals surface area contributed by atoms with Gasteiger partial charge in [0.2, 0.25) is 0 Å². The van der Waals surface area contributed by atoms with Gasteiger partial charge >= 0.3 is 12.1 Å². The molecule has 66 valence electrons. The molecule has 0 amide bonds. The van der Waals surface area contributed by atoms with Crippen molar-refractivity contribution in [2.75, 3.05) is 6.61 Å². The van der Waals surface area contributed by atoms with Crippen molar-refractivity contribution in [2.24, 2.45) is 0 Å². The molecule has 0 aliphatic carbocycles. The largest absolute Gasteiger partial charge is 0.511 e.